The standard InChI is InChI=1S/C54H99NO4.C47H88O3.C9H18.C7H13NO2.C5H12.C4H10/c1-5-7-9-11-17-23-29-47-41-49(47)31-25-19-13-15-21-27-33-51(34-28-22-16-14-20-26-32-50-42-48(50)30-24-18-12-10-8-6-2)58-53(56)43-46-35-36-52(44(46)3)59-54(57)45-37-39-55(4)40-38-45;1-4-6-8-10-16-22-28-41-36-43(41)30-24-18-12-14-20-26-32-45(50-47(49)38-40-34-35-46(48)39(40)3)33-27-21-15-13-19-25-31-44-37-42(44)29-23-17-11-9-7-5-2;1-5-6-7-8-9(2,3)4;1-8-4-2-6(3-5-8)7(9)10;1-5(2,3)4;1-4(2)3/h44-52H,5-43H2,1-4H3;39-46,48H,4-38H2,1-3H3;6-7H,5,8H2,1-4H3;6H,2-5H2,1H3,(H,9,10);1-4H3;4H,1-3H3/b;;7-6-;;;. The quantitative estimate of drug-likeness (QED) is 0.0260. The van der Waals surface area contributed by atoms with Crippen molar-refractivity contribution in [3.8, 4) is 0 Å². The summed E-state index contributed by atoms with van der Waals surface area (Å²) >= 11 is 0. The predicted octanol–water partition coefficient (Wildman–Crippen LogP) is 37.8. The van der Waals surface area contributed by atoms with Gasteiger partial charge in [-0.05, 0) is 269 Å². The number of likely N-dealkylation sites (tertiary alicyclic amines) is 2. The van der Waals surface area contributed by atoms with Gasteiger partial charge in [0.15, 0.2) is 0 Å². The van der Waals surface area contributed by atoms with Gasteiger partial charge in [-0.2, -0.15) is 0 Å². The lowest BCUT2D eigenvalue weighted by Gasteiger charge is -2.29. The number of piperidine rings is 2. The molecule has 0 aromatic carbocycles. The van der Waals surface area contributed by atoms with Crippen LogP contribution in [0, 0.1) is 99.6 Å². The summed E-state index contributed by atoms with van der Waals surface area (Å²) in [5.41, 5.74) is 0.964. The lowest BCUT2D eigenvalue weighted by Crippen LogP contribution is -2.36. The minimum absolute atomic E-state index is 0.00861. The highest BCUT2D eigenvalue weighted by Crippen LogP contribution is 2.50. The van der Waals surface area contributed by atoms with Crippen LogP contribution in [0.1, 0.15) is 606 Å². The van der Waals surface area contributed by atoms with Crippen molar-refractivity contribution in [1.29, 1.82) is 0 Å². The van der Waals surface area contributed by atoms with Crippen molar-refractivity contribution >= 4 is 23.9 Å². The Balaban J connectivity index is 0.000000551. The zero-order valence-electron chi connectivity index (χ0n) is 95.3. The molecule has 14 unspecified atom stereocenters. The summed E-state index contributed by atoms with van der Waals surface area (Å²) in [6, 6.07) is 0. The molecule has 2 aliphatic heterocycles. The first kappa shape index (κ1) is 129. The van der Waals surface area contributed by atoms with Crippen molar-refractivity contribution in [3.05, 3.63) is 12.2 Å². The molecule has 6 aliphatic carbocycles. The lowest BCUT2D eigenvalue weighted by atomic mass is 9.92. The summed E-state index contributed by atoms with van der Waals surface area (Å²) in [5, 5.41) is 18.8. The van der Waals surface area contributed by atoms with Gasteiger partial charge < -0.3 is 34.2 Å². The topological polar surface area (TPSA) is 143 Å². The third kappa shape index (κ3) is 73.3. The molecule has 8 rings (SSSR count). The van der Waals surface area contributed by atoms with E-state index in [1.165, 1.54) is 392 Å². The Morgan fingerprint density at radius 3 is 0.832 bits per heavy atom. The van der Waals surface area contributed by atoms with Gasteiger partial charge in [0.05, 0.1) is 17.9 Å². The molecule has 0 bridgehead atoms. The van der Waals surface area contributed by atoms with Crippen molar-refractivity contribution in [3.63, 3.8) is 0 Å². The molecule has 6 saturated carbocycles. The molecular formula is C126H240N2O9. The van der Waals surface area contributed by atoms with Gasteiger partial charge >= 0.3 is 23.9 Å². The Morgan fingerprint density at radius 1 is 0.336 bits per heavy atom. The number of esters is 3. The Labute approximate surface area is 854 Å². The van der Waals surface area contributed by atoms with Crippen LogP contribution < -0.4 is 0 Å². The summed E-state index contributed by atoms with van der Waals surface area (Å²) in [6.07, 6.45) is 103. The number of hydrogen-bond donors (Lipinski definition) is 2. The Morgan fingerprint density at radius 2 is 0.584 bits per heavy atom. The third-order valence-electron chi connectivity index (χ3n) is 32.7. The SMILES string of the molecule is CC(C)(C)C.CC(C)C.CC/C=C\CC(C)(C)C.CCCCCCCCC1CC1CCCCCCCCC(CCCCCCCCC1CC1CCCCCCCC)OC(=O)CC1CCC(O)C1C.CCCCCCCCC1CC1CCCCCCCCC(CCCCCCCCC1CC1CCCCCCCC)OC(=O)CC1CCC(OC(=O)C2CCN(C)CC2)C1C.CN1CCC(C(=O)O)CC1. The van der Waals surface area contributed by atoms with Crippen LogP contribution >= 0.6 is 0 Å². The van der Waals surface area contributed by atoms with Crippen LogP contribution in [0.4, 0.5) is 0 Å². The molecule has 0 aromatic heterocycles. The highest BCUT2D eigenvalue weighted by molar-refractivity contribution is 5.73. The monoisotopic (exact) mass is 1930 g/mol. The van der Waals surface area contributed by atoms with Gasteiger partial charge in [-0.25, -0.2) is 0 Å². The predicted molar refractivity (Wildman–Crippen MR) is 592 cm³/mol. The molecule has 11 heteroatoms. The maximum atomic E-state index is 13.4. The van der Waals surface area contributed by atoms with Crippen molar-refractivity contribution in [1.82, 2.24) is 9.80 Å². The van der Waals surface area contributed by atoms with Gasteiger partial charge in [0.2, 0.25) is 0 Å². The fourth-order valence-corrected chi connectivity index (χ4v) is 22.7. The number of allylic oxidation sites excluding steroid dienone is 2. The van der Waals surface area contributed by atoms with Crippen molar-refractivity contribution in [2.75, 3.05) is 40.3 Å². The lowest BCUT2D eigenvalue weighted by molar-refractivity contribution is -0.158. The highest BCUT2D eigenvalue weighted by Gasteiger charge is 2.41. The minimum Gasteiger partial charge on any atom is -0.481 e. The van der Waals surface area contributed by atoms with E-state index >= 15 is 0 Å². The summed E-state index contributed by atoms with van der Waals surface area (Å²) in [4.78, 5) is 54.2. The van der Waals surface area contributed by atoms with Crippen molar-refractivity contribution in [2.45, 2.75) is 630 Å². The largest absolute Gasteiger partial charge is 0.481 e. The summed E-state index contributed by atoms with van der Waals surface area (Å²) in [6.45, 7) is 41.5. The van der Waals surface area contributed by atoms with E-state index in [0.717, 1.165) is 163 Å². The van der Waals surface area contributed by atoms with Gasteiger partial charge in [0.25, 0.3) is 0 Å². The first-order valence-corrected chi connectivity index (χ1v) is 61.4. The van der Waals surface area contributed by atoms with Gasteiger partial charge in [0.1, 0.15) is 18.3 Å². The van der Waals surface area contributed by atoms with Crippen LogP contribution in [-0.4, -0.2) is 109 Å². The average molecular weight is 1930 g/mol. The molecule has 2 saturated heterocycles. The second kappa shape index (κ2) is 81.6. The number of aliphatic hydroxyl groups excluding tert-OH is 1. The maximum absolute atomic E-state index is 13.4. The molecule has 137 heavy (non-hydrogen) atoms. The molecule has 14 atom stereocenters. The number of hydrogen-bond acceptors (Lipinski definition) is 10. The second-order valence-electron chi connectivity index (χ2n) is 50.5. The van der Waals surface area contributed by atoms with Crippen molar-refractivity contribution in [2.24, 2.45) is 99.6 Å². The van der Waals surface area contributed by atoms with Crippen LogP contribution in [0.5, 0.6) is 0 Å². The summed E-state index contributed by atoms with van der Waals surface area (Å²) in [5.74, 6) is 9.58. The number of rotatable bonds is 75. The molecule has 2 heterocycles. The van der Waals surface area contributed by atoms with Gasteiger partial charge in [-0.3, -0.25) is 19.2 Å². The number of aliphatic hydroxyl groups is 1. The summed E-state index contributed by atoms with van der Waals surface area (Å²) in [7, 11) is 4.15. The van der Waals surface area contributed by atoms with E-state index < -0.39 is 5.97 Å². The smallest absolute Gasteiger partial charge is 0.309 e. The molecular weight excluding hydrogens is 1690 g/mol. The molecule has 0 aromatic rings. The Bertz CT molecular complexity index is 2730. The fourth-order valence-electron chi connectivity index (χ4n) is 22.7. The van der Waals surface area contributed by atoms with E-state index in [1.807, 2.05) is 7.05 Å². The first-order valence-electron chi connectivity index (χ1n) is 61.4. The van der Waals surface area contributed by atoms with Gasteiger partial charge in [0, 0.05) is 12.8 Å². The zero-order valence-corrected chi connectivity index (χ0v) is 95.3. The zero-order chi connectivity index (χ0) is 101. The van der Waals surface area contributed by atoms with Crippen LogP contribution in [-0.2, 0) is 33.4 Å². The fraction of sp³-hybridized carbons (Fsp3) is 0.952. The normalized spacial score (nSPS) is 24.2. The van der Waals surface area contributed by atoms with Crippen molar-refractivity contribution < 1.29 is 43.6 Å². The molecule has 2 N–H and O–H groups in total. The number of carboxylic acid groups (broad SMARTS) is 1. The Hall–Kier alpha value is -2.50. The van der Waals surface area contributed by atoms with E-state index in [2.05, 4.69) is 147 Å². The number of nitrogens with zero attached hydrogens (tertiary/aromatic N) is 2. The molecule has 0 amide bonds. The molecule has 11 nitrogen and oxygen atoms in total. The molecule has 8 fully saturated rings. The number of aliphatic carboxylic acids is 1. The van der Waals surface area contributed by atoms with E-state index in [-0.39, 0.29) is 71.9 Å². The molecule has 0 spiro atoms. The molecule has 808 valence electrons. The third-order valence-corrected chi connectivity index (χ3v) is 32.7. The number of carbonyl (C=O) groups is 4. The minimum atomic E-state index is -0.631. The number of ether oxygens (including phenoxy) is 3. The van der Waals surface area contributed by atoms with Crippen LogP contribution in [0.25, 0.3) is 0 Å². The second-order valence-corrected chi connectivity index (χ2v) is 50.5. The molecule has 0 radical (unpaired) electrons. The van der Waals surface area contributed by atoms with E-state index in [4.69, 9.17) is 19.3 Å². The highest BCUT2D eigenvalue weighted by atomic mass is 16.6. The van der Waals surface area contributed by atoms with Gasteiger partial charge in [-0.1, -0.05) is 464 Å². The Kier molecular flexibility index (Phi) is 76.6. The van der Waals surface area contributed by atoms with Crippen LogP contribution in [0.15, 0.2) is 12.2 Å². The van der Waals surface area contributed by atoms with Gasteiger partial charge in [-0.15, -0.1) is 0 Å². The summed E-state index contributed by atoms with van der Waals surface area (Å²) < 4.78 is 18.5. The van der Waals surface area contributed by atoms with E-state index in [9.17, 15) is 24.3 Å². The average Bonchev–Trinajstić information content (AvgIpc) is 1.73. The maximum Gasteiger partial charge on any atom is 0.309 e. The van der Waals surface area contributed by atoms with Crippen LogP contribution in [0.3, 0.4) is 0 Å². The number of unbranched alkanes of at least 4 members (excludes halogenated alkanes) is 40. The van der Waals surface area contributed by atoms with E-state index in [0.29, 0.717) is 29.6 Å². The first-order chi connectivity index (χ1) is 65.9. The number of carbonyl (C=O) groups excluding carboxylic acids is 3. The molecule has 8 aliphatic rings. The van der Waals surface area contributed by atoms with E-state index in [1.54, 1.807) is 0 Å². The number of carboxylic acids is 1. The van der Waals surface area contributed by atoms with Crippen LogP contribution in [0.2, 0.25) is 0 Å².